The molecular weight excluding hydrogens is 388 g/mol. The first kappa shape index (κ1) is 18.9. The van der Waals surface area contributed by atoms with Gasteiger partial charge in [-0.15, -0.1) is 22.0 Å². The second kappa shape index (κ2) is 7.88. The molecule has 0 spiro atoms. The molecule has 1 N–H and O–H groups in total. The summed E-state index contributed by atoms with van der Waals surface area (Å²) in [6.07, 6.45) is 5.07. The Morgan fingerprint density at radius 3 is 2.76 bits per heavy atom. The zero-order chi connectivity index (χ0) is 20.4. The molecule has 0 radical (unpaired) electrons. The first-order chi connectivity index (χ1) is 14.1. The molecule has 29 heavy (non-hydrogen) atoms. The summed E-state index contributed by atoms with van der Waals surface area (Å²) in [6.45, 7) is 1.79. The fourth-order valence-electron chi connectivity index (χ4n) is 2.95. The van der Waals surface area contributed by atoms with Crippen molar-refractivity contribution in [1.29, 1.82) is 0 Å². The van der Waals surface area contributed by atoms with E-state index in [0.29, 0.717) is 39.4 Å². The summed E-state index contributed by atoms with van der Waals surface area (Å²) in [4.78, 5) is 22.0. The molecule has 4 aromatic rings. The fraction of sp³-hybridized carbons (Fsp3) is 0.150. The van der Waals surface area contributed by atoms with E-state index in [9.17, 15) is 4.79 Å². The maximum atomic E-state index is 13.0. The van der Waals surface area contributed by atoms with Crippen LogP contribution in [0.25, 0.3) is 23.0 Å². The monoisotopic (exact) mass is 406 g/mol. The second-order valence-electron chi connectivity index (χ2n) is 6.29. The van der Waals surface area contributed by atoms with Gasteiger partial charge in [0.1, 0.15) is 11.4 Å². The normalized spacial score (nSPS) is 10.9. The summed E-state index contributed by atoms with van der Waals surface area (Å²) in [6, 6.07) is 11.0. The highest BCUT2D eigenvalue weighted by Gasteiger charge is 2.20. The summed E-state index contributed by atoms with van der Waals surface area (Å²) >= 11 is 1.39. The molecule has 0 aliphatic heterocycles. The van der Waals surface area contributed by atoms with Crippen LogP contribution in [0.15, 0.2) is 58.4 Å². The Morgan fingerprint density at radius 1 is 1.21 bits per heavy atom. The third-order valence-corrected chi connectivity index (χ3v) is 4.99. The van der Waals surface area contributed by atoms with Gasteiger partial charge >= 0.3 is 0 Å². The van der Waals surface area contributed by atoms with Gasteiger partial charge in [-0.2, -0.15) is 0 Å². The molecule has 0 bridgehead atoms. The van der Waals surface area contributed by atoms with Gasteiger partial charge in [0.15, 0.2) is 17.4 Å². The molecule has 0 aliphatic carbocycles. The Kier molecular flexibility index (Phi) is 5.13. The summed E-state index contributed by atoms with van der Waals surface area (Å²) < 4.78 is 7.20. The van der Waals surface area contributed by atoms with Gasteiger partial charge in [-0.1, -0.05) is 12.1 Å². The van der Waals surface area contributed by atoms with Crippen LogP contribution in [0.4, 0.5) is 5.69 Å². The van der Waals surface area contributed by atoms with Crippen molar-refractivity contribution < 1.29 is 9.21 Å². The molecule has 9 heteroatoms. The highest BCUT2D eigenvalue weighted by atomic mass is 32.2. The number of benzene rings is 1. The lowest BCUT2D eigenvalue weighted by molar-refractivity contribution is 0.102. The minimum absolute atomic E-state index is 0.270. The zero-order valence-electron chi connectivity index (χ0n) is 16.1. The molecule has 1 amide bonds. The number of nitrogens with zero attached hydrogens (tertiary/aromatic N) is 5. The number of rotatable bonds is 5. The number of amides is 1. The Balaban J connectivity index is 1.65. The van der Waals surface area contributed by atoms with Gasteiger partial charge in [0.25, 0.3) is 5.91 Å². The van der Waals surface area contributed by atoms with E-state index in [4.69, 9.17) is 4.42 Å². The first-order valence-corrected chi connectivity index (χ1v) is 10.0. The summed E-state index contributed by atoms with van der Waals surface area (Å²) in [5.41, 5.74) is 2.53. The number of hydrogen-bond donors (Lipinski definition) is 1. The SMILES string of the molecule is CSc1nc(-c2ccco2)nc(C)c1C(=O)Nc1cccc(-c2nncn2C)c1. The van der Waals surface area contributed by atoms with Gasteiger partial charge in [0.05, 0.1) is 17.5 Å². The lowest BCUT2D eigenvalue weighted by atomic mass is 10.1. The highest BCUT2D eigenvalue weighted by Crippen LogP contribution is 2.27. The smallest absolute Gasteiger partial charge is 0.260 e. The van der Waals surface area contributed by atoms with Crippen molar-refractivity contribution >= 4 is 23.4 Å². The number of carbonyl (C=O) groups is 1. The summed E-state index contributed by atoms with van der Waals surface area (Å²) in [7, 11) is 1.87. The van der Waals surface area contributed by atoms with E-state index in [1.54, 1.807) is 31.6 Å². The van der Waals surface area contributed by atoms with Crippen LogP contribution in [0.2, 0.25) is 0 Å². The van der Waals surface area contributed by atoms with Gasteiger partial charge in [-0.3, -0.25) is 4.79 Å². The molecule has 0 saturated carbocycles. The lowest BCUT2D eigenvalue weighted by Crippen LogP contribution is -2.17. The quantitative estimate of drug-likeness (QED) is 0.397. The van der Waals surface area contributed by atoms with E-state index in [0.717, 1.165) is 5.56 Å². The predicted molar refractivity (Wildman–Crippen MR) is 111 cm³/mol. The summed E-state index contributed by atoms with van der Waals surface area (Å²) in [5, 5.41) is 11.5. The Hall–Kier alpha value is -3.46. The predicted octanol–water partition coefficient (Wildman–Crippen LogP) is 3.81. The molecule has 8 nitrogen and oxygen atoms in total. The number of carbonyl (C=O) groups excluding carboxylic acids is 1. The van der Waals surface area contributed by atoms with E-state index < -0.39 is 0 Å². The van der Waals surface area contributed by atoms with Crippen LogP contribution in [-0.2, 0) is 7.05 Å². The number of hydrogen-bond acceptors (Lipinski definition) is 7. The van der Waals surface area contributed by atoms with Crippen LogP contribution in [0.5, 0.6) is 0 Å². The minimum atomic E-state index is -0.270. The van der Waals surface area contributed by atoms with E-state index in [-0.39, 0.29) is 5.91 Å². The Bertz CT molecular complexity index is 1170. The van der Waals surface area contributed by atoms with Gasteiger partial charge < -0.3 is 14.3 Å². The van der Waals surface area contributed by atoms with Crippen LogP contribution in [0.1, 0.15) is 16.1 Å². The third-order valence-electron chi connectivity index (χ3n) is 4.31. The van der Waals surface area contributed by atoms with Crippen LogP contribution >= 0.6 is 11.8 Å². The molecule has 0 saturated heterocycles. The van der Waals surface area contributed by atoms with Crippen LogP contribution in [0, 0.1) is 6.92 Å². The van der Waals surface area contributed by atoms with Gasteiger partial charge in [0, 0.05) is 18.3 Å². The Morgan fingerprint density at radius 2 is 2.07 bits per heavy atom. The lowest BCUT2D eigenvalue weighted by Gasteiger charge is -2.12. The average molecular weight is 406 g/mol. The molecule has 3 heterocycles. The number of aryl methyl sites for hydroxylation is 2. The van der Waals surface area contributed by atoms with E-state index >= 15 is 0 Å². The third kappa shape index (κ3) is 3.77. The standard InChI is InChI=1S/C20H18N6O2S/c1-12-16(20(29-3)24-17(22-12)15-8-5-9-28-15)19(27)23-14-7-4-6-13(10-14)18-25-21-11-26(18)2/h4-11H,1-3H3,(H,23,27). The van der Waals surface area contributed by atoms with E-state index in [1.165, 1.54) is 11.8 Å². The molecule has 4 rings (SSSR count). The van der Waals surface area contributed by atoms with Crippen molar-refractivity contribution in [2.24, 2.45) is 7.05 Å². The van der Waals surface area contributed by atoms with Crippen molar-refractivity contribution in [2.45, 2.75) is 11.9 Å². The molecule has 0 fully saturated rings. The zero-order valence-corrected chi connectivity index (χ0v) is 16.9. The van der Waals surface area contributed by atoms with Gasteiger partial charge in [0.2, 0.25) is 0 Å². The van der Waals surface area contributed by atoms with Crippen molar-refractivity contribution in [3.63, 3.8) is 0 Å². The molecule has 0 unspecified atom stereocenters. The Labute approximate surface area is 171 Å². The number of anilines is 1. The minimum Gasteiger partial charge on any atom is -0.461 e. The second-order valence-corrected chi connectivity index (χ2v) is 7.09. The largest absolute Gasteiger partial charge is 0.461 e. The number of thioether (sulfide) groups is 1. The van der Waals surface area contributed by atoms with Crippen molar-refractivity contribution in [3.8, 4) is 23.0 Å². The van der Waals surface area contributed by atoms with Crippen molar-refractivity contribution in [1.82, 2.24) is 24.7 Å². The van der Waals surface area contributed by atoms with Crippen LogP contribution in [-0.4, -0.2) is 36.9 Å². The number of furan rings is 1. The van der Waals surface area contributed by atoms with Crippen LogP contribution in [0.3, 0.4) is 0 Å². The van der Waals surface area contributed by atoms with Crippen molar-refractivity contribution in [3.05, 3.63) is 60.2 Å². The molecule has 0 aliphatic rings. The first-order valence-electron chi connectivity index (χ1n) is 8.79. The van der Waals surface area contributed by atoms with Crippen molar-refractivity contribution in [2.75, 3.05) is 11.6 Å². The molecule has 1 aromatic carbocycles. The fourth-order valence-corrected chi connectivity index (χ4v) is 3.57. The summed E-state index contributed by atoms with van der Waals surface area (Å²) in [5.74, 6) is 1.46. The van der Waals surface area contributed by atoms with E-state index in [2.05, 4.69) is 25.5 Å². The maximum Gasteiger partial charge on any atom is 0.260 e. The van der Waals surface area contributed by atoms with Gasteiger partial charge in [-0.25, -0.2) is 9.97 Å². The highest BCUT2D eigenvalue weighted by molar-refractivity contribution is 7.98. The van der Waals surface area contributed by atoms with Crippen LogP contribution < -0.4 is 5.32 Å². The topological polar surface area (TPSA) is 98.7 Å². The maximum absolute atomic E-state index is 13.0. The molecular formula is C20H18N6O2S. The van der Waals surface area contributed by atoms with E-state index in [1.807, 2.05) is 42.1 Å². The van der Waals surface area contributed by atoms with Gasteiger partial charge in [-0.05, 0) is 37.4 Å². The molecule has 146 valence electrons. The number of nitrogens with one attached hydrogen (secondary N) is 1. The average Bonchev–Trinajstić information content (AvgIpc) is 3.39. The number of aromatic nitrogens is 5. The molecule has 3 aromatic heterocycles. The molecule has 0 atom stereocenters.